The molecule has 2 saturated heterocycles. The van der Waals surface area contributed by atoms with Gasteiger partial charge in [-0.3, -0.25) is 0 Å². The molecule has 2 aliphatic carbocycles. The number of aliphatic hydroxyl groups is 2. The van der Waals surface area contributed by atoms with Crippen molar-refractivity contribution in [2.75, 3.05) is 60.6 Å². The minimum absolute atomic E-state index is 0.0262. The Morgan fingerprint density at radius 1 is 0.487 bits per heavy atom. The van der Waals surface area contributed by atoms with Crippen molar-refractivity contribution in [2.24, 2.45) is 0 Å². The molecule has 4 aliphatic rings. The smallest absolute Gasteiger partial charge is 0.376 e. The highest BCUT2D eigenvalue weighted by Crippen LogP contribution is 2.49. The second kappa shape index (κ2) is 22.8. The summed E-state index contributed by atoms with van der Waals surface area (Å²) in [4.78, 5) is 2.01. The predicted molar refractivity (Wildman–Crippen MR) is 291 cm³/mol. The highest BCUT2D eigenvalue weighted by Gasteiger charge is 2.60. The van der Waals surface area contributed by atoms with Crippen LogP contribution in [0.1, 0.15) is 36.8 Å². The van der Waals surface area contributed by atoms with E-state index >= 15 is 26.3 Å². The fraction of sp³-hybridized carbons (Fsp3) is 0.346. The van der Waals surface area contributed by atoms with Crippen molar-refractivity contribution in [2.45, 2.75) is 71.1 Å². The lowest BCUT2D eigenvalue weighted by atomic mass is 9.80. The van der Waals surface area contributed by atoms with Crippen molar-refractivity contribution in [3.63, 3.8) is 0 Å². The monoisotopic (exact) mass is 1230 g/mol. The molecule has 28 heteroatoms. The molecule has 2 N–H and O–H groups in total. The molecule has 2 aliphatic heterocycles. The quantitative estimate of drug-likeness (QED) is 0.0588. The van der Waals surface area contributed by atoms with Crippen LogP contribution in [0, 0.1) is 11.6 Å². The van der Waals surface area contributed by atoms with Crippen molar-refractivity contribution < 1.29 is 79.0 Å². The highest BCUT2D eigenvalue weighted by molar-refractivity contribution is 7.96. The number of hydrogen-bond acceptors (Lipinski definition) is 14. The summed E-state index contributed by atoms with van der Waals surface area (Å²) in [5.41, 5.74) is -10.0. The number of allylic oxidation sites excluding steroid dienone is 8. The zero-order chi connectivity index (χ0) is 58.4. The lowest BCUT2D eigenvalue weighted by Crippen LogP contribution is -2.57. The van der Waals surface area contributed by atoms with E-state index in [1.54, 1.807) is 12.2 Å². The zero-order valence-electron chi connectivity index (χ0n) is 41.8. The molecule has 14 nitrogen and oxygen atoms in total. The predicted octanol–water partition coefficient (Wildman–Crippen LogP) is 7.96. The Labute approximate surface area is 467 Å². The van der Waals surface area contributed by atoms with Crippen LogP contribution in [-0.4, -0.2) is 137 Å². The van der Waals surface area contributed by atoms with E-state index < -0.39 is 136 Å². The summed E-state index contributed by atoms with van der Waals surface area (Å²) in [7, 11) is -17.3. The Bertz CT molecular complexity index is 3380. The number of alkyl halides is 6. The average Bonchev–Trinajstić information content (AvgIpc) is 3.43. The molecule has 4 aromatic rings. The molecule has 0 spiro atoms. The number of thiocarbonyl (C=S) groups is 2. The van der Waals surface area contributed by atoms with Gasteiger partial charge in [-0.25, -0.2) is 42.5 Å². The number of halogens is 8. The summed E-state index contributed by atoms with van der Waals surface area (Å²) in [6.07, 6.45) is -5.79. The standard InChI is InChI=1S/C52H50F8N4O10S6/c53-37-13-21-43(22-14-37)77(67,68)33-41-31-61(79(71,72)47-7-3-1-5-45(47)75)27-29-63(41)39-17-9-35(10-18-39)49(65,51(55,56)57)25-26-50(66,52(58,59)60)36-11-19-40(20-12-36)64-30-28-62(80(73,74)48-8-4-2-6-46(48)76)32-42(64)34-78(69,70)44-23-15-38(54)16-24-44/h1-4,7-24,41-42,65-66H,5-6,25-34H2/t41-,42-,49+,50?/m1/s1. The maximum Gasteiger partial charge on any atom is 0.421 e. The Morgan fingerprint density at radius 2 is 0.812 bits per heavy atom. The van der Waals surface area contributed by atoms with Crippen molar-refractivity contribution in [3.8, 4) is 0 Å². The van der Waals surface area contributed by atoms with E-state index in [1.807, 2.05) is 0 Å². The van der Waals surface area contributed by atoms with E-state index in [4.69, 9.17) is 24.4 Å². The van der Waals surface area contributed by atoms with Gasteiger partial charge >= 0.3 is 12.4 Å². The van der Waals surface area contributed by atoms with E-state index in [0.29, 0.717) is 0 Å². The Morgan fingerprint density at radius 3 is 1.11 bits per heavy atom. The maximum absolute atomic E-state index is 15.1. The molecule has 0 radical (unpaired) electrons. The van der Waals surface area contributed by atoms with E-state index in [9.17, 15) is 52.7 Å². The Hall–Kier alpha value is -5.30. The number of anilines is 2. The van der Waals surface area contributed by atoms with E-state index in [0.717, 1.165) is 106 Å². The molecule has 0 amide bonds. The fourth-order valence-corrected chi connectivity index (χ4v) is 17.2. The number of sulfonamides is 2. The molecule has 430 valence electrons. The zero-order valence-corrected chi connectivity index (χ0v) is 46.7. The normalized spacial score (nSPS) is 21.0. The third kappa shape index (κ3) is 12.4. The van der Waals surface area contributed by atoms with Gasteiger partial charge in [0.1, 0.15) is 11.6 Å². The molecule has 80 heavy (non-hydrogen) atoms. The van der Waals surface area contributed by atoms with Crippen LogP contribution < -0.4 is 9.80 Å². The summed E-state index contributed by atoms with van der Waals surface area (Å²) in [5.74, 6) is -3.06. The number of nitrogens with zero attached hydrogens (tertiary/aromatic N) is 4. The molecular formula is C52H50F8N4O10S6. The summed E-state index contributed by atoms with van der Waals surface area (Å²) in [6, 6.07) is 12.3. The van der Waals surface area contributed by atoms with Gasteiger partial charge in [-0.2, -0.15) is 35.0 Å². The molecule has 2 fully saturated rings. The SMILES string of the molecule is O=S(=O)(C[C@H]1CN(S(=O)(=O)C2=CC=CCC2=S)CCN1c1ccc(C(O)(CC[C@](O)(c2ccc(N3CCN(S(=O)(=O)C4=CC=CCC4=S)C[C@@H]3CS(=O)(=O)c3ccc(F)cc3)cc2)C(F)(F)F)C(F)(F)F)cc1)c1ccc(F)cc1. The number of rotatable bonds is 17. The first-order chi connectivity index (χ1) is 37.3. The van der Waals surface area contributed by atoms with Gasteiger partial charge in [-0.05, 0) is 109 Å². The highest BCUT2D eigenvalue weighted by atomic mass is 32.2. The van der Waals surface area contributed by atoms with Gasteiger partial charge in [0.2, 0.25) is 20.0 Å². The van der Waals surface area contributed by atoms with Crippen molar-refractivity contribution in [3.05, 3.63) is 166 Å². The first-order valence-electron chi connectivity index (χ1n) is 24.4. The average molecular weight is 1240 g/mol. The minimum atomic E-state index is -5.69. The van der Waals surface area contributed by atoms with Crippen molar-refractivity contribution in [1.82, 2.24) is 8.61 Å². The number of benzene rings is 4. The first kappa shape index (κ1) is 60.8. The van der Waals surface area contributed by atoms with Gasteiger partial charge in [-0.1, -0.05) is 73.0 Å². The van der Waals surface area contributed by atoms with Gasteiger partial charge in [0.25, 0.3) is 0 Å². The van der Waals surface area contributed by atoms with Crippen LogP contribution in [0.25, 0.3) is 0 Å². The molecular weight excluding hydrogens is 1180 g/mol. The summed E-state index contributed by atoms with van der Waals surface area (Å²) >= 11 is 10.6. The molecule has 2 heterocycles. The van der Waals surface area contributed by atoms with Crippen LogP contribution in [0.2, 0.25) is 0 Å². The van der Waals surface area contributed by atoms with Crippen LogP contribution in [0.4, 0.5) is 46.5 Å². The topological polar surface area (TPSA) is 190 Å². The molecule has 8 rings (SSSR count). The third-order valence-corrected chi connectivity index (χ3v) is 22.9. The Balaban J connectivity index is 1.06. The lowest BCUT2D eigenvalue weighted by Gasteiger charge is -2.42. The third-order valence-electron chi connectivity index (χ3n) is 14.4. The van der Waals surface area contributed by atoms with Gasteiger partial charge in [-0.15, -0.1) is 0 Å². The molecule has 0 bridgehead atoms. The number of piperazine rings is 2. The van der Waals surface area contributed by atoms with Gasteiger partial charge in [0, 0.05) is 73.2 Å². The van der Waals surface area contributed by atoms with Gasteiger partial charge < -0.3 is 20.0 Å². The van der Waals surface area contributed by atoms with E-state index in [-0.39, 0.29) is 79.7 Å². The summed E-state index contributed by atoms with van der Waals surface area (Å²) in [6.45, 7) is -1.97. The van der Waals surface area contributed by atoms with E-state index in [1.165, 1.54) is 34.1 Å². The molecule has 0 aromatic heterocycles. The van der Waals surface area contributed by atoms with Crippen LogP contribution in [0.5, 0.6) is 0 Å². The maximum atomic E-state index is 15.1. The molecule has 0 saturated carbocycles. The van der Waals surface area contributed by atoms with Gasteiger partial charge in [0.05, 0.1) is 43.2 Å². The lowest BCUT2D eigenvalue weighted by molar-refractivity contribution is -0.294. The molecule has 1 unspecified atom stereocenters. The van der Waals surface area contributed by atoms with Crippen molar-refractivity contribution >= 4 is 85.3 Å². The number of hydrogen-bond donors (Lipinski definition) is 2. The van der Waals surface area contributed by atoms with Crippen LogP contribution >= 0.6 is 24.4 Å². The second-order valence-corrected chi connectivity index (χ2v) is 28.2. The number of sulfone groups is 2. The second-order valence-electron chi connectivity index (χ2n) is 19.4. The molecule has 4 atom stereocenters. The largest absolute Gasteiger partial charge is 0.421 e. The fourth-order valence-electron chi connectivity index (χ4n) is 9.94. The minimum Gasteiger partial charge on any atom is -0.376 e. The van der Waals surface area contributed by atoms with Gasteiger partial charge in [0.15, 0.2) is 30.9 Å². The van der Waals surface area contributed by atoms with Crippen LogP contribution in [0.3, 0.4) is 0 Å². The van der Waals surface area contributed by atoms with E-state index in [2.05, 4.69) is 0 Å². The van der Waals surface area contributed by atoms with Crippen LogP contribution in [-0.2, 0) is 50.9 Å². The van der Waals surface area contributed by atoms with Crippen molar-refractivity contribution in [1.29, 1.82) is 0 Å². The van der Waals surface area contributed by atoms with Crippen LogP contribution in [0.15, 0.2) is 153 Å². The Kier molecular flexibility index (Phi) is 17.3. The summed E-state index contributed by atoms with van der Waals surface area (Å²) < 4.78 is 231. The summed E-state index contributed by atoms with van der Waals surface area (Å²) in [5, 5.41) is 22.9. The first-order valence-corrected chi connectivity index (χ1v) is 31.4. The molecule has 4 aromatic carbocycles.